The van der Waals surface area contributed by atoms with E-state index in [1.165, 1.54) is 28.9 Å². The summed E-state index contributed by atoms with van der Waals surface area (Å²) in [4.78, 5) is 29.6. The lowest BCUT2D eigenvalue weighted by Gasteiger charge is -2.24. The zero-order chi connectivity index (χ0) is 32.5. The van der Waals surface area contributed by atoms with Gasteiger partial charge in [-0.25, -0.2) is 15.0 Å². The highest BCUT2D eigenvalue weighted by molar-refractivity contribution is 5.85. The van der Waals surface area contributed by atoms with Gasteiger partial charge in [-0.3, -0.25) is 14.5 Å². The topological polar surface area (TPSA) is 70.0 Å². The van der Waals surface area contributed by atoms with Gasteiger partial charge in [0, 0.05) is 26.7 Å². The van der Waals surface area contributed by atoms with Crippen LogP contribution in [0.4, 0.5) is 0 Å². The Hall–Kier alpha value is -3.52. The Morgan fingerprint density at radius 3 is 2.00 bits per heavy atom. The third-order valence-electron chi connectivity index (χ3n) is 7.02. The number of benzene rings is 3. The van der Waals surface area contributed by atoms with Crippen LogP contribution in [0.2, 0.25) is 0 Å². The van der Waals surface area contributed by atoms with Gasteiger partial charge in [-0.15, -0.1) is 12.4 Å². The van der Waals surface area contributed by atoms with Gasteiger partial charge in [0.2, 0.25) is 0 Å². The fourth-order valence-electron chi connectivity index (χ4n) is 4.39. The quantitative estimate of drug-likeness (QED) is 0.0819. The van der Waals surface area contributed by atoms with Crippen LogP contribution >= 0.6 is 12.4 Å². The van der Waals surface area contributed by atoms with Crippen molar-refractivity contribution in [2.24, 2.45) is 9.98 Å². The lowest BCUT2D eigenvalue weighted by atomic mass is 10.1. The van der Waals surface area contributed by atoms with Crippen LogP contribution in [0.3, 0.4) is 0 Å². The van der Waals surface area contributed by atoms with E-state index in [0.29, 0.717) is 13.1 Å². The summed E-state index contributed by atoms with van der Waals surface area (Å²) < 4.78 is 5.92. The van der Waals surface area contributed by atoms with Crippen molar-refractivity contribution < 1.29 is 14.4 Å². The normalized spacial score (nSPS) is 10.3. The molecule has 0 heterocycles. The van der Waals surface area contributed by atoms with E-state index >= 15 is 0 Å². The molecule has 0 aliphatic heterocycles. The molecule has 0 aliphatic carbocycles. The fraction of sp³-hybridized carbons (Fsp3) is 0.459. The van der Waals surface area contributed by atoms with Gasteiger partial charge < -0.3 is 9.64 Å². The Morgan fingerprint density at radius 1 is 0.761 bits per heavy atom. The number of nitrogens with zero attached hydrogens (tertiary/aromatic N) is 5. The molecule has 8 nitrogen and oxygen atoms in total. The average molecular weight is 652 g/mol. The predicted molar refractivity (Wildman–Crippen MR) is 192 cm³/mol. The number of hydroxylamine groups is 2. The van der Waals surface area contributed by atoms with E-state index in [1.54, 1.807) is 7.05 Å². The summed E-state index contributed by atoms with van der Waals surface area (Å²) in [7, 11) is 7.27. The van der Waals surface area contributed by atoms with Gasteiger partial charge in [0.15, 0.2) is 0 Å². The van der Waals surface area contributed by atoms with Crippen molar-refractivity contribution in [2.45, 2.75) is 45.6 Å². The number of carbonyl (C=O) groups is 1. The summed E-state index contributed by atoms with van der Waals surface area (Å²) in [6.45, 7) is 7.19. The number of rotatable bonds is 19. The molecule has 3 aromatic rings. The van der Waals surface area contributed by atoms with E-state index in [1.807, 2.05) is 37.3 Å². The molecule has 0 aromatic heterocycles. The molecular weight excluding hydrogens is 598 g/mol. The molecule has 0 N–H and O–H groups in total. The number of aliphatic imine (C=N–C) groups is 2. The minimum absolute atomic E-state index is 0. The van der Waals surface area contributed by atoms with Crippen molar-refractivity contribution in [3.05, 3.63) is 102 Å². The van der Waals surface area contributed by atoms with Gasteiger partial charge in [0.25, 0.3) is 5.91 Å². The van der Waals surface area contributed by atoms with E-state index in [4.69, 9.17) is 9.57 Å². The predicted octanol–water partition coefficient (Wildman–Crippen LogP) is 6.71. The summed E-state index contributed by atoms with van der Waals surface area (Å²) in [6.07, 6.45) is 5.18. The number of unbranched alkanes of at least 4 members (excludes halogenated alkanes) is 1. The third-order valence-corrected chi connectivity index (χ3v) is 7.02. The molecule has 0 unspecified atom stereocenters. The molecule has 1 amide bonds. The molecular formula is C37H54ClN5O3. The van der Waals surface area contributed by atoms with Gasteiger partial charge in [0.1, 0.15) is 5.75 Å². The van der Waals surface area contributed by atoms with Crippen LogP contribution in [0.15, 0.2) is 94.9 Å². The number of hydrogen-bond acceptors (Lipinski definition) is 7. The molecule has 0 atom stereocenters. The van der Waals surface area contributed by atoms with Gasteiger partial charge in [-0.1, -0.05) is 72.8 Å². The Labute approximate surface area is 283 Å². The lowest BCUT2D eigenvalue weighted by molar-refractivity contribution is -0.169. The average Bonchev–Trinajstić information content (AvgIpc) is 3.06. The first-order valence-electron chi connectivity index (χ1n) is 16.0. The van der Waals surface area contributed by atoms with Crippen molar-refractivity contribution in [1.82, 2.24) is 14.9 Å². The second kappa shape index (κ2) is 25.6. The van der Waals surface area contributed by atoms with Crippen molar-refractivity contribution in [1.29, 1.82) is 0 Å². The molecule has 0 bridgehead atoms. The van der Waals surface area contributed by atoms with Gasteiger partial charge in [-0.05, 0) is 88.5 Å². The molecule has 0 radical (unpaired) electrons. The van der Waals surface area contributed by atoms with E-state index in [0.717, 1.165) is 70.6 Å². The maximum absolute atomic E-state index is 12.4. The molecule has 0 saturated carbocycles. The highest BCUT2D eigenvalue weighted by atomic mass is 35.5. The van der Waals surface area contributed by atoms with Gasteiger partial charge >= 0.3 is 0 Å². The van der Waals surface area contributed by atoms with Crippen LogP contribution in [0.1, 0.15) is 42.9 Å². The zero-order valence-electron chi connectivity index (χ0n) is 28.4. The number of hydrogen-bond donors (Lipinski definition) is 0. The molecule has 0 aliphatic rings. The molecule has 0 fully saturated rings. The molecule has 9 heteroatoms. The highest BCUT2D eigenvalue weighted by Gasteiger charge is 2.15. The van der Waals surface area contributed by atoms with Crippen molar-refractivity contribution in [3.63, 3.8) is 0 Å². The first-order chi connectivity index (χ1) is 21.9. The Balaban J connectivity index is 0.000000756. The van der Waals surface area contributed by atoms with E-state index in [9.17, 15) is 4.79 Å². The molecule has 252 valence electrons. The van der Waals surface area contributed by atoms with Crippen molar-refractivity contribution >= 4 is 24.3 Å². The number of carbonyl (C=O) groups excluding carboxylic acids is 1. The summed E-state index contributed by atoms with van der Waals surface area (Å²) >= 11 is 0. The van der Waals surface area contributed by atoms with Crippen LogP contribution < -0.4 is 4.74 Å². The van der Waals surface area contributed by atoms with E-state index in [-0.39, 0.29) is 18.3 Å². The van der Waals surface area contributed by atoms with Crippen LogP contribution in [0, 0.1) is 0 Å². The summed E-state index contributed by atoms with van der Waals surface area (Å²) in [5.41, 5.74) is 3.79. The minimum atomic E-state index is -0.0607. The summed E-state index contributed by atoms with van der Waals surface area (Å²) in [5.74, 6) is 0.843. The van der Waals surface area contributed by atoms with Gasteiger partial charge in [-0.2, -0.15) is 0 Å². The Morgan fingerprint density at radius 2 is 1.39 bits per heavy atom. The molecule has 3 rings (SSSR count). The number of ether oxygens (including phenoxy) is 1. The maximum atomic E-state index is 12.4. The summed E-state index contributed by atoms with van der Waals surface area (Å²) in [5, 5.41) is 1.28. The molecule has 0 spiro atoms. The smallest absolute Gasteiger partial charge is 0.260 e. The zero-order valence-corrected chi connectivity index (χ0v) is 29.3. The van der Waals surface area contributed by atoms with Crippen molar-refractivity contribution in [3.8, 4) is 5.75 Å². The second-order valence-corrected chi connectivity index (χ2v) is 11.1. The Bertz CT molecular complexity index is 1240. The SMILES string of the molecule is CCN=C=NCCCN(C)C.CON(C)C(=O)CN(CCc1ccc(OCCCCc2ccccc2)cc1)Cc1ccccc1.Cl. The van der Waals surface area contributed by atoms with Crippen LogP contribution in [-0.4, -0.2) is 94.4 Å². The van der Waals surface area contributed by atoms with Crippen molar-refractivity contribution in [2.75, 3.05) is 67.6 Å². The second-order valence-electron chi connectivity index (χ2n) is 11.1. The molecule has 3 aromatic carbocycles. The number of likely N-dealkylation sites (N-methyl/N-ethyl adjacent to an activating group) is 1. The first kappa shape index (κ1) is 40.5. The van der Waals surface area contributed by atoms with E-state index < -0.39 is 0 Å². The molecule has 0 saturated heterocycles. The van der Waals surface area contributed by atoms with Crippen LogP contribution in [0.25, 0.3) is 0 Å². The third kappa shape index (κ3) is 19.1. The number of aryl methyl sites for hydroxylation is 1. The largest absolute Gasteiger partial charge is 0.494 e. The number of halogens is 1. The monoisotopic (exact) mass is 651 g/mol. The highest BCUT2D eigenvalue weighted by Crippen LogP contribution is 2.15. The summed E-state index contributed by atoms with van der Waals surface area (Å²) in [6, 6.07) is 31.7. The molecule has 46 heavy (non-hydrogen) atoms. The van der Waals surface area contributed by atoms with E-state index in [2.05, 4.69) is 94.5 Å². The fourth-order valence-corrected chi connectivity index (χ4v) is 4.39. The lowest BCUT2D eigenvalue weighted by Crippen LogP contribution is -2.38. The Kier molecular flexibility index (Phi) is 22.6. The minimum Gasteiger partial charge on any atom is -0.494 e. The number of amides is 1. The van der Waals surface area contributed by atoms with Gasteiger partial charge in [0.05, 0.1) is 32.8 Å². The van der Waals surface area contributed by atoms with Crippen LogP contribution in [0.5, 0.6) is 5.75 Å². The standard InChI is InChI=1S/C29H36N2O3.C8H17N3.ClH/c1-30(33-2)29(32)24-31(23-27-14-7-4-8-15-27)21-20-26-16-18-28(19-17-26)34-22-10-9-13-25-11-5-3-6-12-25;1-4-9-8-10-6-5-7-11(2)3;/h3-8,11-12,14-19H,9-10,13,20-24H2,1-2H3;4-7H2,1-3H3;1H. The maximum Gasteiger partial charge on any atom is 0.260 e. The first-order valence-corrected chi connectivity index (χ1v) is 16.0. The van der Waals surface area contributed by atoms with Crippen LogP contribution in [-0.2, 0) is 29.0 Å².